The van der Waals surface area contributed by atoms with Crippen LogP contribution in [0.4, 0.5) is 5.82 Å². The summed E-state index contributed by atoms with van der Waals surface area (Å²) in [7, 11) is 1.52. The molecule has 0 bridgehead atoms. The van der Waals surface area contributed by atoms with Crippen molar-refractivity contribution in [2.75, 3.05) is 18.9 Å². The van der Waals surface area contributed by atoms with Gasteiger partial charge < -0.3 is 15.7 Å². The first-order chi connectivity index (χ1) is 10.5. The molecule has 1 amide bonds. The first-order valence-corrected chi connectivity index (χ1v) is 7.19. The highest BCUT2D eigenvalue weighted by Gasteiger charge is 2.10. The average Bonchev–Trinajstić information content (AvgIpc) is 2.51. The maximum atomic E-state index is 11.3. The maximum absolute atomic E-state index is 11.3. The SMILES string of the molecule is CNC(=O)c1ccc(NCC(O)c2cc(Cl)cc(Cl)c2)nn1. The molecule has 3 N–H and O–H groups in total. The van der Waals surface area contributed by atoms with Crippen LogP contribution in [0.1, 0.15) is 22.2 Å². The van der Waals surface area contributed by atoms with Crippen LogP contribution in [-0.4, -0.2) is 34.8 Å². The van der Waals surface area contributed by atoms with Gasteiger partial charge >= 0.3 is 0 Å². The Morgan fingerprint density at radius 1 is 1.23 bits per heavy atom. The third kappa shape index (κ3) is 4.30. The molecule has 1 atom stereocenters. The lowest BCUT2D eigenvalue weighted by Crippen LogP contribution is -2.20. The van der Waals surface area contributed by atoms with Crippen LogP contribution >= 0.6 is 23.2 Å². The summed E-state index contributed by atoms with van der Waals surface area (Å²) >= 11 is 11.8. The van der Waals surface area contributed by atoms with E-state index in [1.165, 1.54) is 13.1 Å². The molecular weight excluding hydrogens is 327 g/mol. The number of nitrogens with one attached hydrogen (secondary N) is 2. The first kappa shape index (κ1) is 16.5. The molecular formula is C14H14Cl2N4O2. The van der Waals surface area contributed by atoms with Crippen molar-refractivity contribution in [3.63, 3.8) is 0 Å². The largest absolute Gasteiger partial charge is 0.387 e. The van der Waals surface area contributed by atoms with Gasteiger partial charge in [0.2, 0.25) is 0 Å². The molecule has 2 rings (SSSR count). The number of rotatable bonds is 5. The number of anilines is 1. The summed E-state index contributed by atoms with van der Waals surface area (Å²) in [5.41, 5.74) is 0.815. The second-order valence-corrected chi connectivity index (χ2v) is 5.36. The van der Waals surface area contributed by atoms with Gasteiger partial charge in [-0.05, 0) is 35.9 Å². The second-order valence-electron chi connectivity index (χ2n) is 4.48. The van der Waals surface area contributed by atoms with Crippen molar-refractivity contribution in [2.45, 2.75) is 6.10 Å². The molecule has 0 radical (unpaired) electrons. The zero-order valence-electron chi connectivity index (χ0n) is 11.7. The number of nitrogens with zero attached hydrogens (tertiary/aromatic N) is 2. The van der Waals surface area contributed by atoms with Crippen LogP contribution in [0.25, 0.3) is 0 Å². The van der Waals surface area contributed by atoms with Gasteiger partial charge in [-0.1, -0.05) is 23.2 Å². The molecule has 0 aliphatic heterocycles. The highest BCUT2D eigenvalue weighted by molar-refractivity contribution is 6.34. The van der Waals surface area contributed by atoms with E-state index in [9.17, 15) is 9.90 Å². The van der Waals surface area contributed by atoms with Crippen LogP contribution < -0.4 is 10.6 Å². The van der Waals surface area contributed by atoms with Gasteiger partial charge in [-0.3, -0.25) is 4.79 Å². The second kappa shape index (κ2) is 7.40. The van der Waals surface area contributed by atoms with Crippen molar-refractivity contribution in [1.82, 2.24) is 15.5 Å². The number of carbonyl (C=O) groups is 1. The smallest absolute Gasteiger partial charge is 0.271 e. The minimum atomic E-state index is -0.809. The summed E-state index contributed by atoms with van der Waals surface area (Å²) in [4.78, 5) is 11.3. The number of aromatic nitrogens is 2. The van der Waals surface area contributed by atoms with Crippen LogP contribution in [0.15, 0.2) is 30.3 Å². The topological polar surface area (TPSA) is 87.1 Å². The molecule has 116 valence electrons. The third-order valence-corrected chi connectivity index (χ3v) is 3.31. The predicted octanol–water partition coefficient (Wildman–Crippen LogP) is 2.29. The number of hydrogen-bond acceptors (Lipinski definition) is 5. The lowest BCUT2D eigenvalue weighted by molar-refractivity contribution is 0.0957. The quantitative estimate of drug-likeness (QED) is 0.777. The lowest BCUT2D eigenvalue weighted by atomic mass is 10.1. The van der Waals surface area contributed by atoms with Gasteiger partial charge in [0, 0.05) is 23.6 Å². The summed E-state index contributed by atoms with van der Waals surface area (Å²) in [5.74, 6) is 0.132. The zero-order chi connectivity index (χ0) is 16.1. The van der Waals surface area contributed by atoms with E-state index in [0.717, 1.165) is 0 Å². The van der Waals surface area contributed by atoms with Crippen LogP contribution in [0.3, 0.4) is 0 Å². The Hall–Kier alpha value is -1.89. The van der Waals surface area contributed by atoms with E-state index < -0.39 is 6.10 Å². The molecule has 8 heteroatoms. The molecule has 0 aliphatic rings. The molecule has 1 heterocycles. The van der Waals surface area contributed by atoms with Crippen molar-refractivity contribution in [2.24, 2.45) is 0 Å². The number of carbonyl (C=O) groups excluding carboxylic acids is 1. The van der Waals surface area contributed by atoms with E-state index >= 15 is 0 Å². The Bertz CT molecular complexity index is 644. The Morgan fingerprint density at radius 3 is 2.45 bits per heavy atom. The average molecular weight is 341 g/mol. The van der Waals surface area contributed by atoms with Crippen LogP contribution in [0.2, 0.25) is 10.0 Å². The van der Waals surface area contributed by atoms with Gasteiger partial charge in [0.05, 0.1) is 6.10 Å². The normalized spacial score (nSPS) is 11.8. The predicted molar refractivity (Wildman–Crippen MR) is 85.3 cm³/mol. The molecule has 1 aromatic heterocycles. The minimum absolute atomic E-state index is 0.199. The molecule has 22 heavy (non-hydrogen) atoms. The van der Waals surface area contributed by atoms with Gasteiger partial charge in [0.15, 0.2) is 5.69 Å². The molecule has 0 spiro atoms. The maximum Gasteiger partial charge on any atom is 0.271 e. The highest BCUT2D eigenvalue weighted by atomic mass is 35.5. The number of benzene rings is 1. The van der Waals surface area contributed by atoms with Gasteiger partial charge in [-0.25, -0.2) is 0 Å². The van der Waals surface area contributed by atoms with Gasteiger partial charge in [0.1, 0.15) is 5.82 Å². The Morgan fingerprint density at radius 2 is 1.91 bits per heavy atom. The van der Waals surface area contributed by atoms with Crippen molar-refractivity contribution in [3.05, 3.63) is 51.6 Å². The first-order valence-electron chi connectivity index (χ1n) is 6.43. The van der Waals surface area contributed by atoms with E-state index in [2.05, 4.69) is 20.8 Å². The van der Waals surface area contributed by atoms with Crippen LogP contribution in [0, 0.1) is 0 Å². The fourth-order valence-electron chi connectivity index (χ4n) is 1.76. The van der Waals surface area contributed by atoms with Crippen molar-refractivity contribution >= 4 is 34.9 Å². The van der Waals surface area contributed by atoms with E-state index in [0.29, 0.717) is 21.4 Å². The fraction of sp³-hybridized carbons (Fsp3) is 0.214. The standard InChI is InChI=1S/C14H14Cl2N4O2/c1-17-14(22)11-2-3-13(20-19-11)18-7-12(21)8-4-9(15)6-10(16)5-8/h2-6,12,21H,7H2,1H3,(H,17,22)(H,18,20). The Balaban J connectivity index is 1.98. The molecule has 2 aromatic rings. The highest BCUT2D eigenvalue weighted by Crippen LogP contribution is 2.23. The van der Waals surface area contributed by atoms with Crippen molar-refractivity contribution < 1.29 is 9.90 Å². The molecule has 0 saturated carbocycles. The fourth-order valence-corrected chi connectivity index (χ4v) is 2.31. The third-order valence-electron chi connectivity index (χ3n) is 2.87. The summed E-state index contributed by atoms with van der Waals surface area (Å²) in [5, 5.41) is 24.1. The van der Waals surface area contributed by atoms with Crippen LogP contribution in [-0.2, 0) is 0 Å². The van der Waals surface area contributed by atoms with Crippen LogP contribution in [0.5, 0.6) is 0 Å². The number of halogens is 2. The Kier molecular flexibility index (Phi) is 5.54. The van der Waals surface area contributed by atoms with Gasteiger partial charge in [-0.2, -0.15) is 0 Å². The number of amides is 1. The van der Waals surface area contributed by atoms with E-state index in [1.807, 2.05) is 0 Å². The van der Waals surface area contributed by atoms with Gasteiger partial charge in [0.25, 0.3) is 5.91 Å². The molecule has 0 aliphatic carbocycles. The summed E-state index contributed by atoms with van der Waals surface area (Å²) in [6, 6.07) is 8.02. The van der Waals surface area contributed by atoms with Crippen molar-refractivity contribution in [1.29, 1.82) is 0 Å². The molecule has 1 unspecified atom stereocenters. The molecule has 0 fully saturated rings. The van der Waals surface area contributed by atoms with E-state index in [-0.39, 0.29) is 18.1 Å². The summed E-state index contributed by atoms with van der Waals surface area (Å²) in [6.07, 6.45) is -0.809. The Labute approximate surface area is 137 Å². The number of hydrogen-bond donors (Lipinski definition) is 3. The molecule has 0 saturated heterocycles. The summed E-state index contributed by atoms with van der Waals surface area (Å²) < 4.78 is 0. The van der Waals surface area contributed by atoms with E-state index in [1.54, 1.807) is 24.3 Å². The summed E-state index contributed by atoms with van der Waals surface area (Å²) in [6.45, 7) is 0.199. The van der Waals surface area contributed by atoms with Gasteiger partial charge in [-0.15, -0.1) is 10.2 Å². The lowest BCUT2D eigenvalue weighted by Gasteiger charge is -2.13. The molecule has 6 nitrogen and oxygen atoms in total. The zero-order valence-corrected chi connectivity index (χ0v) is 13.2. The monoisotopic (exact) mass is 340 g/mol. The molecule has 1 aromatic carbocycles. The van der Waals surface area contributed by atoms with Crippen molar-refractivity contribution in [3.8, 4) is 0 Å². The van der Waals surface area contributed by atoms with E-state index in [4.69, 9.17) is 23.2 Å². The number of aliphatic hydroxyl groups is 1. The number of aliphatic hydroxyl groups excluding tert-OH is 1. The minimum Gasteiger partial charge on any atom is -0.387 e.